The molecule has 5 nitrogen and oxygen atoms in total. The van der Waals surface area contributed by atoms with Crippen molar-refractivity contribution in [2.75, 3.05) is 26.2 Å². The number of piperidine rings is 1. The van der Waals surface area contributed by atoms with E-state index in [1.54, 1.807) is 8.61 Å². The van der Waals surface area contributed by atoms with Crippen LogP contribution in [0.15, 0.2) is 0 Å². The fraction of sp³-hybridized carbons (Fsp3) is 1.00. The average molecular weight is 317 g/mol. The average Bonchev–Trinajstić information content (AvgIpc) is 2.76. The third kappa shape index (κ3) is 4.18. The third-order valence-corrected chi connectivity index (χ3v) is 6.73. The number of hydrogen-bond acceptors (Lipinski definition) is 3. The van der Waals surface area contributed by atoms with E-state index in [-0.39, 0.29) is 6.04 Å². The Labute approximate surface area is 130 Å². The van der Waals surface area contributed by atoms with E-state index in [4.69, 9.17) is 0 Å². The first-order valence-corrected chi connectivity index (χ1v) is 9.70. The fourth-order valence-electron chi connectivity index (χ4n) is 3.54. The van der Waals surface area contributed by atoms with Gasteiger partial charge in [-0.05, 0) is 44.6 Å². The van der Waals surface area contributed by atoms with Gasteiger partial charge in [0.25, 0.3) is 10.2 Å². The van der Waals surface area contributed by atoms with Crippen molar-refractivity contribution in [2.45, 2.75) is 59.0 Å². The van der Waals surface area contributed by atoms with Crippen molar-refractivity contribution in [3.05, 3.63) is 0 Å². The molecule has 0 saturated carbocycles. The molecule has 2 saturated heterocycles. The first-order valence-electron chi connectivity index (χ1n) is 8.31. The summed E-state index contributed by atoms with van der Waals surface area (Å²) in [5, 5.41) is 3.44. The zero-order valence-corrected chi connectivity index (χ0v) is 14.7. The third-order valence-electron chi connectivity index (χ3n) is 4.65. The summed E-state index contributed by atoms with van der Waals surface area (Å²) in [6, 6.07) is 0.593. The summed E-state index contributed by atoms with van der Waals surface area (Å²) in [4.78, 5) is 0. The Kier molecular flexibility index (Phi) is 5.68. The van der Waals surface area contributed by atoms with Crippen molar-refractivity contribution >= 4 is 10.2 Å². The lowest BCUT2D eigenvalue weighted by Crippen LogP contribution is -2.50. The van der Waals surface area contributed by atoms with E-state index in [0.717, 1.165) is 25.8 Å². The van der Waals surface area contributed by atoms with Gasteiger partial charge in [-0.25, -0.2) is 0 Å². The van der Waals surface area contributed by atoms with E-state index >= 15 is 0 Å². The van der Waals surface area contributed by atoms with Gasteiger partial charge in [0.2, 0.25) is 0 Å². The first kappa shape index (κ1) is 17.2. The van der Waals surface area contributed by atoms with Crippen molar-refractivity contribution in [3.8, 4) is 0 Å². The Morgan fingerprint density at radius 3 is 2.52 bits per heavy atom. The van der Waals surface area contributed by atoms with Crippen LogP contribution in [-0.2, 0) is 10.2 Å². The highest BCUT2D eigenvalue weighted by atomic mass is 32.2. The quantitative estimate of drug-likeness (QED) is 0.839. The highest BCUT2D eigenvalue weighted by molar-refractivity contribution is 7.86. The van der Waals surface area contributed by atoms with Crippen LogP contribution in [0.2, 0.25) is 0 Å². The molecule has 3 unspecified atom stereocenters. The predicted octanol–water partition coefficient (Wildman–Crippen LogP) is 1.67. The van der Waals surface area contributed by atoms with Crippen molar-refractivity contribution in [1.82, 2.24) is 13.9 Å². The minimum atomic E-state index is -3.28. The van der Waals surface area contributed by atoms with Crippen molar-refractivity contribution in [3.63, 3.8) is 0 Å². The van der Waals surface area contributed by atoms with E-state index in [0.29, 0.717) is 37.5 Å². The van der Waals surface area contributed by atoms with Crippen LogP contribution in [0.5, 0.6) is 0 Å². The van der Waals surface area contributed by atoms with Gasteiger partial charge >= 0.3 is 0 Å². The van der Waals surface area contributed by atoms with Gasteiger partial charge in [-0.3, -0.25) is 0 Å². The summed E-state index contributed by atoms with van der Waals surface area (Å²) < 4.78 is 29.2. The highest BCUT2D eigenvalue weighted by Gasteiger charge is 2.40. The second-order valence-electron chi connectivity index (χ2n) is 7.20. The lowest BCUT2D eigenvalue weighted by Gasteiger charge is -2.36. The smallest absolute Gasteiger partial charge is 0.282 e. The molecule has 2 aliphatic rings. The van der Waals surface area contributed by atoms with Gasteiger partial charge in [0.15, 0.2) is 0 Å². The van der Waals surface area contributed by atoms with E-state index < -0.39 is 10.2 Å². The molecule has 0 amide bonds. The van der Waals surface area contributed by atoms with E-state index in [1.807, 2.05) is 6.92 Å². The van der Waals surface area contributed by atoms with Crippen LogP contribution in [0, 0.1) is 11.8 Å². The zero-order valence-electron chi connectivity index (χ0n) is 13.9. The highest BCUT2D eigenvalue weighted by Crippen LogP contribution is 2.29. The molecule has 6 heteroatoms. The number of nitrogens with one attached hydrogen (secondary N) is 1. The van der Waals surface area contributed by atoms with Gasteiger partial charge in [0.05, 0.1) is 0 Å². The molecule has 2 fully saturated rings. The van der Waals surface area contributed by atoms with Gasteiger partial charge in [0.1, 0.15) is 0 Å². The molecule has 0 radical (unpaired) electrons. The van der Waals surface area contributed by atoms with Crippen LogP contribution in [0.3, 0.4) is 0 Å². The number of hydrogen-bond donors (Lipinski definition) is 1. The van der Waals surface area contributed by atoms with Gasteiger partial charge in [0, 0.05) is 31.7 Å². The molecule has 0 bridgehead atoms. The minimum Gasteiger partial charge on any atom is -0.314 e. The molecule has 124 valence electrons. The maximum atomic E-state index is 12.9. The molecule has 0 aromatic carbocycles. The summed E-state index contributed by atoms with van der Waals surface area (Å²) in [5.41, 5.74) is 0. The maximum Gasteiger partial charge on any atom is 0.282 e. The summed E-state index contributed by atoms with van der Waals surface area (Å²) in [6.07, 6.45) is 3.07. The summed E-state index contributed by atoms with van der Waals surface area (Å²) in [6.45, 7) is 11.4. The normalized spacial score (nSPS) is 32.9. The topological polar surface area (TPSA) is 52.7 Å². The molecule has 0 spiro atoms. The maximum absolute atomic E-state index is 12.9. The van der Waals surface area contributed by atoms with Crippen molar-refractivity contribution in [2.24, 2.45) is 11.8 Å². The Hall–Kier alpha value is -0.170. The van der Waals surface area contributed by atoms with Crippen LogP contribution < -0.4 is 5.32 Å². The summed E-state index contributed by atoms with van der Waals surface area (Å²) >= 11 is 0. The predicted molar refractivity (Wildman–Crippen MR) is 86.3 cm³/mol. The first-order chi connectivity index (χ1) is 9.80. The fourth-order valence-corrected chi connectivity index (χ4v) is 5.58. The Morgan fingerprint density at radius 1 is 1.24 bits per heavy atom. The summed E-state index contributed by atoms with van der Waals surface area (Å²) in [7, 11) is -3.28. The lowest BCUT2D eigenvalue weighted by atomic mass is 9.99. The molecule has 0 aromatic rings. The van der Waals surface area contributed by atoms with Gasteiger partial charge < -0.3 is 5.32 Å². The Morgan fingerprint density at radius 2 is 1.95 bits per heavy atom. The standard InChI is InChI=1S/C15H31N3O2S/c1-12(2)16-9-15-6-5-7-17(11-15)21(19,20)18-10-13(3)8-14(18)4/h12-16H,5-11H2,1-4H3. The lowest BCUT2D eigenvalue weighted by molar-refractivity contribution is 0.237. The molecular weight excluding hydrogens is 286 g/mol. The van der Waals surface area contributed by atoms with Crippen LogP contribution in [0.4, 0.5) is 0 Å². The van der Waals surface area contributed by atoms with E-state index in [1.165, 1.54) is 0 Å². The SMILES string of the molecule is CC1CC(C)N(S(=O)(=O)N2CCCC(CNC(C)C)C2)C1. The minimum absolute atomic E-state index is 0.138. The van der Waals surface area contributed by atoms with Crippen LogP contribution >= 0.6 is 0 Å². The van der Waals surface area contributed by atoms with Gasteiger partial charge in [-0.2, -0.15) is 17.0 Å². The monoisotopic (exact) mass is 317 g/mol. The number of nitrogens with zero attached hydrogens (tertiary/aromatic N) is 2. The van der Waals surface area contributed by atoms with Crippen molar-refractivity contribution < 1.29 is 8.42 Å². The van der Waals surface area contributed by atoms with Crippen LogP contribution in [-0.4, -0.2) is 55.3 Å². The molecule has 3 atom stereocenters. The number of rotatable bonds is 5. The van der Waals surface area contributed by atoms with E-state index in [2.05, 4.69) is 26.1 Å². The molecule has 0 aliphatic carbocycles. The van der Waals surface area contributed by atoms with E-state index in [9.17, 15) is 8.42 Å². The Bertz CT molecular complexity index is 438. The molecule has 21 heavy (non-hydrogen) atoms. The zero-order chi connectivity index (χ0) is 15.6. The molecule has 2 aliphatic heterocycles. The molecule has 2 rings (SSSR count). The summed E-state index contributed by atoms with van der Waals surface area (Å²) in [5.74, 6) is 0.907. The van der Waals surface area contributed by atoms with Crippen LogP contribution in [0.1, 0.15) is 47.0 Å². The molecule has 1 N–H and O–H groups in total. The van der Waals surface area contributed by atoms with Gasteiger partial charge in [-0.15, -0.1) is 0 Å². The van der Waals surface area contributed by atoms with Gasteiger partial charge in [-0.1, -0.05) is 20.8 Å². The van der Waals surface area contributed by atoms with Crippen molar-refractivity contribution in [1.29, 1.82) is 0 Å². The second kappa shape index (κ2) is 6.94. The largest absolute Gasteiger partial charge is 0.314 e. The Balaban J connectivity index is 1.99. The molecule has 0 aromatic heterocycles. The molecular formula is C15H31N3O2S. The molecule has 2 heterocycles. The van der Waals surface area contributed by atoms with Crippen LogP contribution in [0.25, 0.3) is 0 Å². The second-order valence-corrected chi connectivity index (χ2v) is 9.08.